The van der Waals surface area contributed by atoms with E-state index in [1.165, 1.54) is 38.5 Å². The van der Waals surface area contributed by atoms with Crippen LogP contribution in [-0.4, -0.2) is 11.9 Å². The molecule has 4 aliphatic carbocycles. The minimum Gasteiger partial charge on any atom is -0.349 e. The molecule has 5 rings (SSSR count). The first-order chi connectivity index (χ1) is 10.1. The molecule has 4 aliphatic rings. The fourth-order valence-electron chi connectivity index (χ4n) is 5.73. The van der Waals surface area contributed by atoms with Crippen LogP contribution in [0.4, 0.5) is 0 Å². The van der Waals surface area contributed by atoms with Crippen molar-refractivity contribution in [3.63, 3.8) is 0 Å². The van der Waals surface area contributed by atoms with Crippen LogP contribution < -0.4 is 5.32 Å². The second kappa shape index (κ2) is 4.86. The highest BCUT2D eigenvalue weighted by Crippen LogP contribution is 2.61. The molecule has 0 radical (unpaired) electrons. The van der Waals surface area contributed by atoms with Gasteiger partial charge in [0.25, 0.3) is 5.91 Å². The van der Waals surface area contributed by atoms with E-state index in [9.17, 15) is 4.79 Å². The summed E-state index contributed by atoms with van der Waals surface area (Å²) < 4.78 is 0. The predicted octanol–water partition coefficient (Wildman–Crippen LogP) is 4.02. The number of carbonyl (C=O) groups excluding carboxylic acids is 1. The van der Waals surface area contributed by atoms with Gasteiger partial charge < -0.3 is 5.32 Å². The topological polar surface area (TPSA) is 29.1 Å². The van der Waals surface area contributed by atoms with E-state index in [0.29, 0.717) is 11.5 Å². The van der Waals surface area contributed by atoms with Gasteiger partial charge in [-0.05, 0) is 80.8 Å². The Kier molecular flexibility index (Phi) is 3.09. The van der Waals surface area contributed by atoms with Gasteiger partial charge >= 0.3 is 0 Å². The minimum atomic E-state index is 0.0962. The van der Waals surface area contributed by atoms with E-state index in [0.717, 1.165) is 23.3 Å². The lowest BCUT2D eigenvalue weighted by molar-refractivity contribution is -0.0688. The van der Waals surface area contributed by atoms with Gasteiger partial charge in [-0.2, -0.15) is 0 Å². The zero-order valence-corrected chi connectivity index (χ0v) is 12.8. The fourth-order valence-corrected chi connectivity index (χ4v) is 5.73. The standard InChI is InChI=1S/C19H25NO/c1-13(20-18(21)17-5-3-2-4-6-17)19-10-14-7-15(11-19)9-16(8-14)12-19/h2-6,13-16H,7-12H2,1H3,(H,20,21). The van der Waals surface area contributed by atoms with Crippen molar-refractivity contribution in [1.82, 2.24) is 5.32 Å². The average Bonchev–Trinajstić information content (AvgIpc) is 2.46. The van der Waals surface area contributed by atoms with Crippen LogP contribution in [0.15, 0.2) is 30.3 Å². The summed E-state index contributed by atoms with van der Waals surface area (Å²) in [5.74, 6) is 2.91. The van der Waals surface area contributed by atoms with Crippen molar-refractivity contribution < 1.29 is 4.79 Å². The Balaban J connectivity index is 1.50. The van der Waals surface area contributed by atoms with Crippen LogP contribution in [-0.2, 0) is 0 Å². The maximum Gasteiger partial charge on any atom is 0.251 e. The summed E-state index contributed by atoms with van der Waals surface area (Å²) in [7, 11) is 0. The molecule has 2 heteroatoms. The number of hydrogen-bond acceptors (Lipinski definition) is 1. The van der Waals surface area contributed by atoms with Crippen molar-refractivity contribution in [2.45, 2.75) is 51.5 Å². The number of carbonyl (C=O) groups is 1. The zero-order chi connectivity index (χ0) is 14.4. The Morgan fingerprint density at radius 1 is 1.05 bits per heavy atom. The second-order valence-corrected chi connectivity index (χ2v) is 7.84. The van der Waals surface area contributed by atoms with Gasteiger partial charge in [0.1, 0.15) is 0 Å². The Hall–Kier alpha value is -1.31. The minimum absolute atomic E-state index is 0.0962. The highest BCUT2D eigenvalue weighted by atomic mass is 16.1. The molecule has 1 aromatic carbocycles. The van der Waals surface area contributed by atoms with Gasteiger partial charge in [0, 0.05) is 11.6 Å². The summed E-state index contributed by atoms with van der Waals surface area (Å²) in [6, 6.07) is 9.94. The van der Waals surface area contributed by atoms with Gasteiger partial charge in [0.15, 0.2) is 0 Å². The third kappa shape index (κ3) is 2.29. The highest BCUT2D eigenvalue weighted by molar-refractivity contribution is 5.94. The first-order valence-electron chi connectivity index (χ1n) is 8.50. The first-order valence-corrected chi connectivity index (χ1v) is 8.50. The SMILES string of the molecule is CC(NC(=O)c1ccccc1)C12CC3CC(CC(C3)C1)C2. The van der Waals surface area contributed by atoms with Crippen molar-refractivity contribution in [3.05, 3.63) is 35.9 Å². The van der Waals surface area contributed by atoms with Gasteiger partial charge in [-0.3, -0.25) is 4.79 Å². The van der Waals surface area contributed by atoms with E-state index in [-0.39, 0.29) is 5.91 Å². The predicted molar refractivity (Wildman–Crippen MR) is 84.0 cm³/mol. The normalized spacial score (nSPS) is 38.2. The van der Waals surface area contributed by atoms with Gasteiger partial charge in [-0.15, -0.1) is 0 Å². The van der Waals surface area contributed by atoms with Crippen LogP contribution in [0.25, 0.3) is 0 Å². The molecule has 0 aromatic heterocycles. The molecule has 4 bridgehead atoms. The summed E-state index contributed by atoms with van der Waals surface area (Å²) in [6.07, 6.45) is 8.40. The Labute approximate surface area is 127 Å². The number of hydrogen-bond donors (Lipinski definition) is 1. The lowest BCUT2D eigenvalue weighted by Gasteiger charge is -2.59. The number of rotatable bonds is 3. The summed E-state index contributed by atoms with van der Waals surface area (Å²) in [5.41, 5.74) is 1.17. The molecule has 0 heterocycles. The Morgan fingerprint density at radius 2 is 1.57 bits per heavy atom. The van der Waals surface area contributed by atoms with Gasteiger partial charge in [0.2, 0.25) is 0 Å². The van der Waals surface area contributed by atoms with Crippen molar-refractivity contribution in [3.8, 4) is 0 Å². The van der Waals surface area contributed by atoms with Gasteiger partial charge in [-0.25, -0.2) is 0 Å². The van der Waals surface area contributed by atoms with Crippen LogP contribution in [0.1, 0.15) is 55.8 Å². The maximum atomic E-state index is 12.4. The molecule has 0 saturated heterocycles. The van der Waals surface area contributed by atoms with Crippen LogP contribution in [0, 0.1) is 23.2 Å². The molecule has 1 N–H and O–H groups in total. The molecule has 1 amide bonds. The Bertz CT molecular complexity index is 500. The molecule has 0 aliphatic heterocycles. The molecule has 1 aromatic rings. The van der Waals surface area contributed by atoms with E-state index >= 15 is 0 Å². The molecule has 1 atom stereocenters. The molecular formula is C19H25NO. The summed E-state index contributed by atoms with van der Waals surface area (Å²) in [4.78, 5) is 12.4. The Morgan fingerprint density at radius 3 is 2.10 bits per heavy atom. The van der Waals surface area contributed by atoms with E-state index in [1.807, 2.05) is 30.3 Å². The van der Waals surface area contributed by atoms with Crippen molar-refractivity contribution in [2.75, 3.05) is 0 Å². The summed E-state index contributed by atoms with van der Waals surface area (Å²) in [6.45, 7) is 2.24. The van der Waals surface area contributed by atoms with Crippen molar-refractivity contribution in [2.24, 2.45) is 23.2 Å². The van der Waals surface area contributed by atoms with Crippen LogP contribution >= 0.6 is 0 Å². The van der Waals surface area contributed by atoms with E-state index in [2.05, 4.69) is 12.2 Å². The molecule has 0 spiro atoms. The number of amides is 1. The van der Waals surface area contributed by atoms with Crippen molar-refractivity contribution in [1.29, 1.82) is 0 Å². The fraction of sp³-hybridized carbons (Fsp3) is 0.632. The van der Waals surface area contributed by atoms with E-state index in [1.54, 1.807) is 0 Å². The molecule has 21 heavy (non-hydrogen) atoms. The molecular weight excluding hydrogens is 258 g/mol. The van der Waals surface area contributed by atoms with Gasteiger partial charge in [-0.1, -0.05) is 18.2 Å². The van der Waals surface area contributed by atoms with Gasteiger partial charge in [0.05, 0.1) is 0 Å². The maximum absolute atomic E-state index is 12.4. The molecule has 2 nitrogen and oxygen atoms in total. The third-order valence-electron chi connectivity index (χ3n) is 6.39. The summed E-state index contributed by atoms with van der Waals surface area (Å²) in [5, 5.41) is 3.31. The largest absolute Gasteiger partial charge is 0.349 e. The number of benzene rings is 1. The average molecular weight is 283 g/mol. The van der Waals surface area contributed by atoms with Crippen LogP contribution in [0.5, 0.6) is 0 Å². The third-order valence-corrected chi connectivity index (χ3v) is 6.39. The smallest absolute Gasteiger partial charge is 0.251 e. The molecule has 1 unspecified atom stereocenters. The van der Waals surface area contributed by atoms with Crippen LogP contribution in [0.3, 0.4) is 0 Å². The lowest BCUT2D eigenvalue weighted by Crippen LogP contribution is -2.55. The lowest BCUT2D eigenvalue weighted by atomic mass is 9.48. The monoisotopic (exact) mass is 283 g/mol. The molecule has 112 valence electrons. The second-order valence-electron chi connectivity index (χ2n) is 7.84. The van der Waals surface area contributed by atoms with Crippen molar-refractivity contribution >= 4 is 5.91 Å². The first kappa shape index (κ1) is 13.4. The molecule has 4 fully saturated rings. The van der Waals surface area contributed by atoms with Crippen LogP contribution in [0.2, 0.25) is 0 Å². The summed E-state index contributed by atoms with van der Waals surface area (Å²) >= 11 is 0. The number of nitrogens with one attached hydrogen (secondary N) is 1. The zero-order valence-electron chi connectivity index (χ0n) is 12.8. The van der Waals surface area contributed by atoms with E-state index < -0.39 is 0 Å². The van der Waals surface area contributed by atoms with E-state index in [4.69, 9.17) is 0 Å². The highest BCUT2D eigenvalue weighted by Gasteiger charge is 2.53. The molecule has 4 saturated carbocycles. The quantitative estimate of drug-likeness (QED) is 0.892.